The van der Waals surface area contributed by atoms with Crippen molar-refractivity contribution in [1.82, 2.24) is 0 Å². The summed E-state index contributed by atoms with van der Waals surface area (Å²) in [4.78, 5) is 0. The van der Waals surface area contributed by atoms with Crippen molar-refractivity contribution in [3.63, 3.8) is 0 Å². The van der Waals surface area contributed by atoms with Gasteiger partial charge in [0.15, 0.2) is 0 Å². The van der Waals surface area contributed by atoms with Gasteiger partial charge in [-0.2, -0.15) is 5.56 Å². The first-order chi connectivity index (χ1) is 10.4. The molecule has 0 saturated heterocycles. The minimum Gasteiger partial charge on any atom is -1.00 e. The fraction of sp³-hybridized carbons (Fsp3) is 0.524. The molecular weight excluding hydrogens is 459 g/mol. The molecule has 1 aromatic rings. The van der Waals surface area contributed by atoms with Crippen molar-refractivity contribution in [2.24, 2.45) is 0 Å². The van der Waals surface area contributed by atoms with Crippen LogP contribution in [0.1, 0.15) is 63.8 Å². The third-order valence-corrected chi connectivity index (χ3v) is 7.93. The Bertz CT molecular complexity index is 717. The van der Waals surface area contributed by atoms with E-state index in [0.29, 0.717) is 0 Å². The van der Waals surface area contributed by atoms with Crippen LogP contribution in [0.4, 0.5) is 0 Å². The first-order valence-corrected chi connectivity index (χ1v) is 11.2. The standard InChI is InChI=1S/C21H29Si.Hf.2H/c1-14-15(2)20-17(19(14)16-10-7-8-11-16)12-9-13-18(22(5)6)21(20,3)4;;;/h7-8,10H,9,11-13H2,1-6H3;;;/q-1;;2*-1. The van der Waals surface area contributed by atoms with E-state index in [2.05, 4.69) is 59.0 Å². The average molecular weight is 490 g/mol. The van der Waals surface area contributed by atoms with Crippen LogP contribution in [-0.4, -0.2) is 13.6 Å². The normalized spacial score (nSPS) is 19.0. The van der Waals surface area contributed by atoms with Gasteiger partial charge in [-0.25, -0.2) is 0 Å². The van der Waals surface area contributed by atoms with E-state index in [1.165, 1.54) is 24.8 Å². The predicted octanol–water partition coefficient (Wildman–Crippen LogP) is 5.71. The minimum absolute atomic E-state index is 0. The third-order valence-electron chi connectivity index (χ3n) is 5.84. The Morgan fingerprint density at radius 2 is 1.87 bits per heavy atom. The molecule has 0 heterocycles. The van der Waals surface area contributed by atoms with Crippen LogP contribution in [0.15, 0.2) is 18.2 Å². The Hall–Kier alpha value is -0.213. The second-order valence-corrected chi connectivity index (χ2v) is 10.4. The summed E-state index contributed by atoms with van der Waals surface area (Å²) in [7, 11) is -0.355. The van der Waals surface area contributed by atoms with Crippen LogP contribution in [0.25, 0.3) is 5.57 Å². The maximum Gasteiger partial charge on any atom is 0.00229 e. The second-order valence-electron chi connectivity index (χ2n) is 7.76. The topological polar surface area (TPSA) is 0 Å². The van der Waals surface area contributed by atoms with Gasteiger partial charge in [0.05, 0.1) is 0 Å². The van der Waals surface area contributed by atoms with Gasteiger partial charge >= 0.3 is 0 Å². The summed E-state index contributed by atoms with van der Waals surface area (Å²) >= 11 is 0. The number of fused-ring (bicyclic) bond motifs is 1. The van der Waals surface area contributed by atoms with E-state index in [9.17, 15) is 0 Å². The first kappa shape index (κ1) is 19.1. The zero-order chi connectivity index (χ0) is 16.1. The van der Waals surface area contributed by atoms with Crippen molar-refractivity contribution in [3.05, 3.63) is 46.0 Å². The maximum absolute atomic E-state index is 2.49. The second kappa shape index (κ2) is 6.96. The molecule has 0 amide bonds. The molecule has 0 fully saturated rings. The number of hydrogen-bond donors (Lipinski definition) is 0. The molecule has 0 bridgehead atoms. The van der Waals surface area contributed by atoms with E-state index in [1.807, 2.05) is 5.17 Å². The van der Waals surface area contributed by atoms with Gasteiger partial charge in [0.1, 0.15) is 0 Å². The molecule has 0 N–H and O–H groups in total. The summed E-state index contributed by atoms with van der Waals surface area (Å²) in [6.07, 6.45) is 11.9. The van der Waals surface area contributed by atoms with Gasteiger partial charge in [-0.05, 0) is 31.1 Å². The van der Waals surface area contributed by atoms with Gasteiger partial charge in [-0.15, -0.1) is 40.0 Å². The summed E-state index contributed by atoms with van der Waals surface area (Å²) in [5.41, 5.74) is 9.83. The van der Waals surface area contributed by atoms with Gasteiger partial charge < -0.3 is 2.85 Å². The smallest absolute Gasteiger partial charge is 0.00229 e. The predicted molar refractivity (Wildman–Crippen MR) is 104 cm³/mol. The van der Waals surface area contributed by atoms with Gasteiger partial charge in [-0.3, -0.25) is 0 Å². The molecule has 0 radical (unpaired) electrons. The molecule has 0 spiro atoms. The zero-order valence-electron chi connectivity index (χ0n) is 17.6. The molecule has 0 nitrogen and oxygen atoms in total. The fourth-order valence-corrected chi connectivity index (χ4v) is 6.95. The van der Waals surface area contributed by atoms with E-state index in [4.69, 9.17) is 0 Å². The molecule has 1 aromatic carbocycles. The van der Waals surface area contributed by atoms with Crippen LogP contribution in [0.5, 0.6) is 0 Å². The van der Waals surface area contributed by atoms with Crippen molar-refractivity contribution >= 4 is 19.2 Å². The molecule has 126 valence electrons. The summed E-state index contributed by atoms with van der Waals surface area (Å²) in [5, 5.41) is 1.84. The molecule has 3 rings (SSSR count). The average Bonchev–Trinajstić information content (AvgIpc) is 2.99. The minimum atomic E-state index is -0.355. The Morgan fingerprint density at radius 1 is 1.17 bits per heavy atom. The Kier molecular flexibility index (Phi) is 5.78. The van der Waals surface area contributed by atoms with Crippen LogP contribution in [0, 0.1) is 13.8 Å². The molecule has 0 saturated carbocycles. The quantitative estimate of drug-likeness (QED) is 0.269. The van der Waals surface area contributed by atoms with Crippen LogP contribution in [0.2, 0.25) is 13.1 Å². The Labute approximate surface area is 165 Å². The summed E-state index contributed by atoms with van der Waals surface area (Å²) < 4.78 is 0. The molecule has 23 heavy (non-hydrogen) atoms. The third kappa shape index (κ3) is 3.06. The molecular formula is C21H31HfSi-3. The van der Waals surface area contributed by atoms with Crippen molar-refractivity contribution in [3.8, 4) is 0 Å². The van der Waals surface area contributed by atoms with Crippen LogP contribution < -0.4 is 0 Å². The SMILES string of the molecule is Cc1c2c([c-](C3=CC=CC3)c1C)CCCC(=[Si](C)C)C2(C)C.[H-].[H-].[Hf]. The molecule has 0 unspecified atom stereocenters. The number of rotatable bonds is 1. The Morgan fingerprint density at radius 3 is 2.43 bits per heavy atom. The van der Waals surface area contributed by atoms with Gasteiger partial charge in [0, 0.05) is 34.3 Å². The van der Waals surface area contributed by atoms with Gasteiger partial charge in [-0.1, -0.05) is 52.0 Å². The van der Waals surface area contributed by atoms with E-state index in [1.54, 1.807) is 27.8 Å². The maximum atomic E-state index is 2.49. The Balaban J connectivity index is 0.00000192. The number of hydrogen-bond acceptors (Lipinski definition) is 0. The van der Waals surface area contributed by atoms with E-state index in [0.717, 1.165) is 6.42 Å². The van der Waals surface area contributed by atoms with Crippen LogP contribution >= 0.6 is 0 Å². The van der Waals surface area contributed by atoms with Crippen molar-refractivity contribution in [1.29, 1.82) is 0 Å². The van der Waals surface area contributed by atoms with Crippen LogP contribution in [0.3, 0.4) is 0 Å². The van der Waals surface area contributed by atoms with Crippen molar-refractivity contribution < 1.29 is 28.7 Å². The molecule has 2 heteroatoms. The summed E-state index contributed by atoms with van der Waals surface area (Å²) in [5.74, 6) is 0. The fourth-order valence-electron chi connectivity index (χ4n) is 4.90. The summed E-state index contributed by atoms with van der Waals surface area (Å²) in [6.45, 7) is 14.6. The molecule has 0 aromatic heterocycles. The summed E-state index contributed by atoms with van der Waals surface area (Å²) in [6, 6.07) is 0. The van der Waals surface area contributed by atoms with E-state index >= 15 is 0 Å². The van der Waals surface area contributed by atoms with Gasteiger partial charge in [0.25, 0.3) is 0 Å². The largest absolute Gasteiger partial charge is 1.00 e. The number of allylic oxidation sites excluding steroid dienone is 4. The monoisotopic (exact) mass is 491 g/mol. The van der Waals surface area contributed by atoms with Crippen LogP contribution in [-0.2, 0) is 37.7 Å². The van der Waals surface area contributed by atoms with Crippen molar-refractivity contribution in [2.45, 2.75) is 71.9 Å². The first-order valence-electron chi connectivity index (χ1n) is 8.67. The molecule has 2 aliphatic rings. The zero-order valence-corrected chi connectivity index (χ0v) is 20.2. The molecule has 0 atom stereocenters. The molecule has 2 aliphatic carbocycles. The van der Waals surface area contributed by atoms with Crippen molar-refractivity contribution in [2.75, 3.05) is 0 Å². The van der Waals surface area contributed by atoms with E-state index < -0.39 is 0 Å². The van der Waals surface area contributed by atoms with E-state index in [-0.39, 0.29) is 42.5 Å². The molecule has 0 aliphatic heterocycles. The van der Waals surface area contributed by atoms with Gasteiger partial charge in [0.2, 0.25) is 0 Å².